The second-order valence-electron chi connectivity index (χ2n) is 3.70. The average Bonchev–Trinajstić information content (AvgIpc) is 2.35. The Balaban J connectivity index is 2.67. The summed E-state index contributed by atoms with van der Waals surface area (Å²) in [6.07, 6.45) is 5.93. The van der Waals surface area contributed by atoms with Gasteiger partial charge in [-0.05, 0) is 24.6 Å². The zero-order valence-corrected chi connectivity index (χ0v) is 10.3. The lowest BCUT2D eigenvalue weighted by Gasteiger charge is -2.17. The highest BCUT2D eigenvalue weighted by Gasteiger charge is 2.08. The van der Waals surface area contributed by atoms with Crippen LogP contribution in [-0.2, 0) is 0 Å². The monoisotopic (exact) mass is 232 g/mol. The molecule has 3 N–H and O–H groups in total. The van der Waals surface area contributed by atoms with Crippen molar-refractivity contribution in [2.45, 2.75) is 19.4 Å². The molecular formula is C14H20N2O. The van der Waals surface area contributed by atoms with Crippen LogP contribution in [0.4, 0.5) is 0 Å². The molecule has 0 aromatic heterocycles. The zero-order chi connectivity index (χ0) is 12.5. The largest absolute Gasteiger partial charge is 0.494 e. The van der Waals surface area contributed by atoms with Crippen molar-refractivity contribution >= 4 is 0 Å². The van der Waals surface area contributed by atoms with Crippen molar-refractivity contribution in [1.29, 1.82) is 0 Å². The third-order valence-corrected chi connectivity index (χ3v) is 2.47. The summed E-state index contributed by atoms with van der Waals surface area (Å²) in [5, 5.41) is 3.33. The molecule has 3 heteroatoms. The van der Waals surface area contributed by atoms with E-state index in [4.69, 9.17) is 16.9 Å². The molecule has 0 saturated heterocycles. The molecule has 0 heterocycles. The van der Waals surface area contributed by atoms with Crippen LogP contribution in [0.5, 0.6) is 5.75 Å². The van der Waals surface area contributed by atoms with Gasteiger partial charge in [0.25, 0.3) is 0 Å². The highest BCUT2D eigenvalue weighted by atomic mass is 16.5. The minimum atomic E-state index is 0.128. The molecule has 1 aromatic rings. The number of nitrogens with one attached hydrogen (secondary N) is 1. The summed E-state index contributed by atoms with van der Waals surface area (Å²) in [4.78, 5) is 0. The fourth-order valence-electron chi connectivity index (χ4n) is 1.64. The van der Waals surface area contributed by atoms with Gasteiger partial charge in [-0.2, -0.15) is 0 Å². The van der Waals surface area contributed by atoms with E-state index < -0.39 is 0 Å². The summed E-state index contributed by atoms with van der Waals surface area (Å²) in [6, 6.07) is 8.12. The maximum Gasteiger partial charge on any atom is 0.119 e. The molecule has 1 aromatic carbocycles. The molecule has 0 aliphatic heterocycles. The average molecular weight is 232 g/mol. The van der Waals surface area contributed by atoms with Crippen LogP contribution in [0.15, 0.2) is 24.3 Å². The summed E-state index contributed by atoms with van der Waals surface area (Å²) in [5.74, 6) is 3.48. The Kier molecular flexibility index (Phi) is 6.16. The number of hydrogen-bond acceptors (Lipinski definition) is 3. The van der Waals surface area contributed by atoms with Gasteiger partial charge in [0.1, 0.15) is 5.75 Å². The molecule has 0 fully saturated rings. The Morgan fingerprint density at radius 3 is 3.00 bits per heavy atom. The molecule has 0 spiro atoms. The Morgan fingerprint density at radius 1 is 1.53 bits per heavy atom. The lowest BCUT2D eigenvalue weighted by molar-refractivity contribution is 0.339. The Labute approximate surface area is 103 Å². The molecular weight excluding hydrogens is 212 g/mol. The van der Waals surface area contributed by atoms with E-state index in [1.165, 1.54) is 0 Å². The molecule has 17 heavy (non-hydrogen) atoms. The minimum absolute atomic E-state index is 0.128. The molecule has 1 unspecified atom stereocenters. The Morgan fingerprint density at radius 2 is 2.35 bits per heavy atom. The Bertz CT molecular complexity index is 371. The van der Waals surface area contributed by atoms with Crippen LogP contribution < -0.4 is 15.8 Å². The topological polar surface area (TPSA) is 47.3 Å². The minimum Gasteiger partial charge on any atom is -0.494 e. The van der Waals surface area contributed by atoms with Crippen molar-refractivity contribution in [2.75, 3.05) is 19.7 Å². The summed E-state index contributed by atoms with van der Waals surface area (Å²) in [6.45, 7) is 3.96. The van der Waals surface area contributed by atoms with Crippen molar-refractivity contribution in [3.63, 3.8) is 0 Å². The first-order valence-electron chi connectivity index (χ1n) is 5.91. The van der Waals surface area contributed by atoms with Gasteiger partial charge in [0, 0.05) is 25.6 Å². The van der Waals surface area contributed by atoms with E-state index in [0.717, 1.165) is 17.9 Å². The molecule has 1 atom stereocenters. The number of benzene rings is 1. The molecule has 0 radical (unpaired) electrons. The van der Waals surface area contributed by atoms with Crippen LogP contribution in [0.3, 0.4) is 0 Å². The fraction of sp³-hybridized carbons (Fsp3) is 0.429. The van der Waals surface area contributed by atoms with E-state index in [9.17, 15) is 0 Å². The fourth-order valence-corrected chi connectivity index (χ4v) is 1.64. The van der Waals surface area contributed by atoms with Gasteiger partial charge >= 0.3 is 0 Å². The molecule has 92 valence electrons. The summed E-state index contributed by atoms with van der Waals surface area (Å²) < 4.78 is 5.47. The van der Waals surface area contributed by atoms with Gasteiger partial charge in [-0.25, -0.2) is 0 Å². The number of ether oxygens (including phenoxy) is 1. The van der Waals surface area contributed by atoms with Crippen molar-refractivity contribution < 1.29 is 4.74 Å². The summed E-state index contributed by atoms with van der Waals surface area (Å²) >= 11 is 0. The number of rotatable bonds is 7. The van der Waals surface area contributed by atoms with E-state index in [0.29, 0.717) is 19.6 Å². The van der Waals surface area contributed by atoms with Crippen LogP contribution in [0.25, 0.3) is 0 Å². The zero-order valence-electron chi connectivity index (χ0n) is 10.3. The highest BCUT2D eigenvalue weighted by Crippen LogP contribution is 2.18. The lowest BCUT2D eigenvalue weighted by atomic mass is 10.1. The summed E-state index contributed by atoms with van der Waals surface area (Å²) in [5.41, 5.74) is 6.89. The second-order valence-corrected chi connectivity index (χ2v) is 3.70. The van der Waals surface area contributed by atoms with E-state index in [-0.39, 0.29) is 6.04 Å². The van der Waals surface area contributed by atoms with Gasteiger partial charge in [0.15, 0.2) is 0 Å². The van der Waals surface area contributed by atoms with Crippen LogP contribution in [0, 0.1) is 12.3 Å². The van der Waals surface area contributed by atoms with Crippen molar-refractivity contribution in [1.82, 2.24) is 5.32 Å². The molecule has 3 nitrogen and oxygen atoms in total. The molecule has 0 aliphatic rings. The first-order valence-corrected chi connectivity index (χ1v) is 5.91. The Hall–Kier alpha value is -1.50. The molecule has 0 amide bonds. The third kappa shape index (κ3) is 4.48. The quantitative estimate of drug-likeness (QED) is 0.555. The lowest BCUT2D eigenvalue weighted by Crippen LogP contribution is -2.28. The van der Waals surface area contributed by atoms with E-state index >= 15 is 0 Å². The van der Waals surface area contributed by atoms with Crippen LogP contribution in [0.1, 0.15) is 24.9 Å². The second kappa shape index (κ2) is 7.72. The normalized spacial score (nSPS) is 11.8. The number of terminal acetylenes is 1. The smallest absolute Gasteiger partial charge is 0.119 e. The van der Waals surface area contributed by atoms with Gasteiger partial charge in [0.2, 0.25) is 0 Å². The molecule has 0 aliphatic carbocycles. The molecule has 0 saturated carbocycles. The van der Waals surface area contributed by atoms with Gasteiger partial charge in [-0.3, -0.25) is 0 Å². The first-order chi connectivity index (χ1) is 8.31. The van der Waals surface area contributed by atoms with Crippen LogP contribution in [0.2, 0.25) is 0 Å². The van der Waals surface area contributed by atoms with Gasteiger partial charge in [-0.15, -0.1) is 12.3 Å². The van der Waals surface area contributed by atoms with Crippen molar-refractivity contribution in [2.24, 2.45) is 5.73 Å². The predicted octanol–water partition coefficient (Wildman–Crippen LogP) is 1.70. The highest BCUT2D eigenvalue weighted by molar-refractivity contribution is 5.30. The number of hydrogen-bond donors (Lipinski definition) is 2. The van der Waals surface area contributed by atoms with Crippen molar-refractivity contribution in [3.05, 3.63) is 29.8 Å². The van der Waals surface area contributed by atoms with Crippen LogP contribution in [-0.4, -0.2) is 19.7 Å². The van der Waals surface area contributed by atoms with E-state index in [2.05, 4.69) is 11.2 Å². The predicted molar refractivity (Wildman–Crippen MR) is 70.9 cm³/mol. The first kappa shape index (κ1) is 13.6. The van der Waals surface area contributed by atoms with Gasteiger partial charge in [-0.1, -0.05) is 12.1 Å². The third-order valence-electron chi connectivity index (χ3n) is 2.47. The van der Waals surface area contributed by atoms with Gasteiger partial charge in [0.05, 0.1) is 6.61 Å². The van der Waals surface area contributed by atoms with Gasteiger partial charge < -0.3 is 15.8 Å². The van der Waals surface area contributed by atoms with Crippen LogP contribution >= 0.6 is 0 Å². The molecule has 0 bridgehead atoms. The summed E-state index contributed by atoms with van der Waals surface area (Å²) in [7, 11) is 0. The maximum absolute atomic E-state index is 5.76. The van der Waals surface area contributed by atoms with E-state index in [1.54, 1.807) is 0 Å². The maximum atomic E-state index is 5.76. The standard InChI is InChI=1S/C14H20N2O/c1-3-5-9-16-14(11-15)12-7-6-8-13(10-12)17-4-2/h1,6-8,10,14,16H,4-5,9,11,15H2,2H3. The van der Waals surface area contributed by atoms with Crippen molar-refractivity contribution in [3.8, 4) is 18.1 Å². The number of nitrogens with two attached hydrogens (primary N) is 1. The SMILES string of the molecule is C#CCCNC(CN)c1cccc(OCC)c1. The van der Waals surface area contributed by atoms with E-state index in [1.807, 2.05) is 31.2 Å². The molecule has 1 rings (SSSR count).